The van der Waals surface area contributed by atoms with Crippen LogP contribution in [0.4, 0.5) is 24.8 Å². The molecule has 4 rings (SSSR count). The van der Waals surface area contributed by atoms with Crippen LogP contribution >= 0.6 is 12.4 Å². The first-order chi connectivity index (χ1) is 19.1. The molecule has 220 valence electrons. The van der Waals surface area contributed by atoms with Gasteiger partial charge in [0.1, 0.15) is 0 Å². The van der Waals surface area contributed by atoms with Gasteiger partial charge in [-0.1, -0.05) is 11.2 Å². The van der Waals surface area contributed by atoms with Crippen molar-refractivity contribution in [2.24, 2.45) is 7.05 Å². The summed E-state index contributed by atoms with van der Waals surface area (Å²) < 4.78 is 40.7. The maximum atomic E-state index is 13.6. The largest absolute Gasteiger partial charge is 0.481 e. The topological polar surface area (TPSA) is 111 Å². The Hall–Kier alpha value is -3.85. The monoisotopic (exact) mass is 591 g/mol. The number of anilines is 2. The summed E-state index contributed by atoms with van der Waals surface area (Å²) in [5, 5.41) is 30.8. The summed E-state index contributed by atoms with van der Waals surface area (Å²) in [6.45, 7) is 3.77. The van der Waals surface area contributed by atoms with E-state index in [1.165, 1.54) is 22.0 Å². The molecule has 13 heteroatoms. The van der Waals surface area contributed by atoms with Crippen molar-refractivity contribution >= 4 is 30.0 Å². The smallest absolute Gasteiger partial charge is 0.416 e. The van der Waals surface area contributed by atoms with Crippen molar-refractivity contribution in [3.63, 3.8) is 0 Å². The molecule has 0 unspecified atom stereocenters. The quantitative estimate of drug-likeness (QED) is 0.283. The third-order valence-electron chi connectivity index (χ3n) is 7.05. The molecule has 0 aliphatic heterocycles. The van der Waals surface area contributed by atoms with Crippen LogP contribution in [0.25, 0.3) is 0 Å². The zero-order valence-corrected chi connectivity index (χ0v) is 23.8. The van der Waals surface area contributed by atoms with Gasteiger partial charge in [0.05, 0.1) is 24.2 Å². The molecule has 9 nitrogen and oxygen atoms in total. The number of hydrogen-bond acceptors (Lipinski definition) is 7. The molecule has 0 saturated carbocycles. The number of benzene rings is 2. The third-order valence-corrected chi connectivity index (χ3v) is 7.05. The van der Waals surface area contributed by atoms with Gasteiger partial charge >= 0.3 is 12.1 Å². The number of aliphatic carboxylic acids is 1. The van der Waals surface area contributed by atoms with Crippen molar-refractivity contribution in [1.82, 2.24) is 20.2 Å². The van der Waals surface area contributed by atoms with Crippen LogP contribution in [0, 0.1) is 11.3 Å². The molecule has 0 radical (unpaired) electrons. The van der Waals surface area contributed by atoms with Crippen molar-refractivity contribution in [1.29, 1.82) is 5.26 Å². The zero-order valence-electron chi connectivity index (χ0n) is 23.0. The molecular weight excluding hydrogens is 559 g/mol. The Morgan fingerprint density at radius 1 is 1.10 bits per heavy atom. The predicted octanol–water partition coefficient (Wildman–Crippen LogP) is 5.30. The fourth-order valence-electron chi connectivity index (χ4n) is 5.15. The van der Waals surface area contributed by atoms with Gasteiger partial charge in [-0.05, 0) is 90.8 Å². The first-order valence-electron chi connectivity index (χ1n) is 13.3. The summed E-state index contributed by atoms with van der Waals surface area (Å²) in [6.07, 6.45) is -0.202. The number of fused-ring (bicyclic) bond motifs is 1. The molecule has 2 aromatic carbocycles. The highest BCUT2D eigenvalue weighted by Crippen LogP contribution is 2.34. The number of unbranched alkanes of at least 4 members (excludes halogenated alkanes) is 1. The molecule has 3 aromatic rings. The minimum atomic E-state index is -4.59. The molecule has 0 bridgehead atoms. The van der Waals surface area contributed by atoms with E-state index in [0.29, 0.717) is 38.0 Å². The lowest BCUT2D eigenvalue weighted by Crippen LogP contribution is -2.29. The second-order valence-corrected chi connectivity index (χ2v) is 10.00. The fourth-order valence-corrected chi connectivity index (χ4v) is 5.15. The van der Waals surface area contributed by atoms with Crippen LogP contribution in [0.15, 0.2) is 30.3 Å². The zero-order chi connectivity index (χ0) is 28.9. The van der Waals surface area contributed by atoms with Crippen LogP contribution in [-0.4, -0.2) is 44.4 Å². The van der Waals surface area contributed by atoms with Gasteiger partial charge in [-0.3, -0.25) is 4.79 Å². The predicted molar refractivity (Wildman–Crippen MR) is 150 cm³/mol. The Morgan fingerprint density at radius 3 is 2.44 bits per heavy atom. The molecule has 41 heavy (non-hydrogen) atoms. The minimum Gasteiger partial charge on any atom is -0.481 e. The number of carbonyl (C=O) groups is 1. The normalized spacial score (nSPS) is 12.4. The third kappa shape index (κ3) is 8.10. The van der Waals surface area contributed by atoms with E-state index in [1.807, 2.05) is 13.0 Å². The van der Waals surface area contributed by atoms with Crippen LogP contribution in [0.5, 0.6) is 0 Å². The highest BCUT2D eigenvalue weighted by molar-refractivity contribution is 5.85. The SMILES string of the molecule is CCN(CCCCC(=O)O)c1cc2c(cc1CN(Cc1cc(C#N)cc(C(F)(F)F)c1)c1nnn(C)n1)CCC2.Cl. The lowest BCUT2D eigenvalue weighted by molar-refractivity contribution is -0.138. The number of aromatic nitrogens is 4. The van der Waals surface area contributed by atoms with Crippen molar-refractivity contribution in [2.45, 2.75) is 64.7 Å². The molecule has 1 aliphatic carbocycles. The summed E-state index contributed by atoms with van der Waals surface area (Å²) in [4.78, 5) is 16.2. The Balaban J connectivity index is 0.00000462. The number of aryl methyl sites for hydroxylation is 3. The van der Waals surface area contributed by atoms with Gasteiger partial charge in [-0.25, -0.2) is 0 Å². The molecule has 1 aromatic heterocycles. The number of hydrogen-bond donors (Lipinski definition) is 1. The standard InChI is InChI=1S/C28H32F3N7O2.ClH/c1-3-37(10-5-4-9-26(39)40)25-15-22-8-6-7-21(22)14-23(25)18-38(27-33-35-36(2)34-27)17-20-11-19(16-32)12-24(13-20)28(29,30)31;/h11-15H,3-10,17-18H2,1-2H3,(H,39,40);1H. The number of halogens is 4. The number of rotatable bonds is 12. The van der Waals surface area contributed by atoms with Crippen molar-refractivity contribution < 1.29 is 23.1 Å². The van der Waals surface area contributed by atoms with Crippen molar-refractivity contribution in [2.75, 3.05) is 22.9 Å². The Morgan fingerprint density at radius 2 is 1.83 bits per heavy atom. The molecule has 0 amide bonds. The molecular formula is C28H33ClF3N7O2. The van der Waals surface area contributed by atoms with Crippen molar-refractivity contribution in [3.8, 4) is 6.07 Å². The maximum absolute atomic E-state index is 13.6. The van der Waals surface area contributed by atoms with Gasteiger partial charge in [0.15, 0.2) is 0 Å². The van der Waals surface area contributed by atoms with Gasteiger partial charge in [-0.2, -0.15) is 23.2 Å². The second kappa shape index (κ2) is 13.7. The van der Waals surface area contributed by atoms with E-state index >= 15 is 0 Å². The molecule has 1 N–H and O–H groups in total. The number of alkyl halides is 3. The molecule has 0 fully saturated rings. The Kier molecular flexibility index (Phi) is 10.6. The second-order valence-electron chi connectivity index (χ2n) is 10.00. The first kappa shape index (κ1) is 31.7. The first-order valence-corrected chi connectivity index (χ1v) is 13.3. The fraction of sp³-hybridized carbons (Fsp3) is 0.464. The van der Waals surface area contributed by atoms with Crippen LogP contribution in [0.3, 0.4) is 0 Å². The van der Waals surface area contributed by atoms with Crippen LogP contribution in [0.1, 0.15) is 66.0 Å². The summed E-state index contributed by atoms with van der Waals surface area (Å²) in [6, 6.07) is 9.52. The number of carboxylic acid groups (broad SMARTS) is 1. The summed E-state index contributed by atoms with van der Waals surface area (Å²) in [5.41, 5.74) is 3.86. The number of nitrogens with zero attached hydrogens (tertiary/aromatic N) is 7. The average Bonchev–Trinajstić information content (AvgIpc) is 3.55. The molecule has 0 atom stereocenters. The van der Waals surface area contributed by atoms with Gasteiger partial charge < -0.3 is 14.9 Å². The van der Waals surface area contributed by atoms with Crippen LogP contribution < -0.4 is 9.80 Å². The Labute approximate surface area is 243 Å². The lowest BCUT2D eigenvalue weighted by Gasteiger charge is -2.29. The van der Waals surface area contributed by atoms with E-state index in [4.69, 9.17) is 5.11 Å². The number of nitriles is 1. The van der Waals surface area contributed by atoms with Gasteiger partial charge in [0, 0.05) is 38.3 Å². The minimum absolute atomic E-state index is 0. The van der Waals surface area contributed by atoms with Gasteiger partial charge in [0.25, 0.3) is 5.95 Å². The van der Waals surface area contributed by atoms with E-state index < -0.39 is 17.7 Å². The van der Waals surface area contributed by atoms with E-state index in [0.717, 1.165) is 42.6 Å². The number of carboxylic acids is 1. The van der Waals surface area contributed by atoms with Gasteiger partial charge in [0.2, 0.25) is 0 Å². The maximum Gasteiger partial charge on any atom is 0.416 e. The summed E-state index contributed by atoms with van der Waals surface area (Å²) in [7, 11) is 1.61. The molecule has 0 saturated heterocycles. The highest BCUT2D eigenvalue weighted by Gasteiger charge is 2.31. The van der Waals surface area contributed by atoms with E-state index in [2.05, 4.69) is 32.4 Å². The van der Waals surface area contributed by atoms with Crippen LogP contribution in [-0.2, 0) is 43.9 Å². The summed E-state index contributed by atoms with van der Waals surface area (Å²) in [5.74, 6) is -0.558. The molecule has 1 aliphatic rings. The average molecular weight is 592 g/mol. The number of tetrazole rings is 1. The Bertz CT molecular complexity index is 1400. The molecule has 0 spiro atoms. The van der Waals surface area contributed by atoms with Gasteiger partial charge in [-0.15, -0.1) is 17.5 Å². The summed E-state index contributed by atoms with van der Waals surface area (Å²) >= 11 is 0. The van der Waals surface area contributed by atoms with Crippen molar-refractivity contribution in [3.05, 3.63) is 63.7 Å². The highest BCUT2D eigenvalue weighted by atomic mass is 35.5. The lowest BCUT2D eigenvalue weighted by atomic mass is 10.0. The molecule has 1 heterocycles. The van der Waals surface area contributed by atoms with E-state index in [1.54, 1.807) is 11.9 Å². The van der Waals surface area contributed by atoms with E-state index in [9.17, 15) is 23.2 Å². The van der Waals surface area contributed by atoms with Crippen LogP contribution in [0.2, 0.25) is 0 Å². The van der Waals surface area contributed by atoms with E-state index in [-0.39, 0.29) is 36.9 Å².